The third-order valence-electron chi connectivity index (χ3n) is 3.38. The molecule has 0 radical (unpaired) electrons. The molecule has 0 fully saturated rings. The van der Waals surface area contributed by atoms with Gasteiger partial charge in [-0.25, -0.2) is 4.39 Å². The third kappa shape index (κ3) is 3.70. The molecule has 2 rings (SSSR count). The molecule has 4 nitrogen and oxygen atoms in total. The topological polar surface area (TPSA) is 47.1 Å². The van der Waals surface area contributed by atoms with Crippen LogP contribution >= 0.6 is 15.9 Å². The summed E-state index contributed by atoms with van der Waals surface area (Å²) in [6.07, 6.45) is 1.71. The Bertz CT molecular complexity index is 624. The van der Waals surface area contributed by atoms with Crippen molar-refractivity contribution in [2.24, 2.45) is 5.73 Å². The van der Waals surface area contributed by atoms with Gasteiger partial charge in [0.1, 0.15) is 5.82 Å². The van der Waals surface area contributed by atoms with Crippen LogP contribution in [0.25, 0.3) is 0 Å². The summed E-state index contributed by atoms with van der Waals surface area (Å²) in [5.41, 5.74) is 8.42. The van der Waals surface area contributed by atoms with E-state index in [2.05, 4.69) is 25.9 Å². The molecule has 6 heteroatoms. The van der Waals surface area contributed by atoms with E-state index in [0.29, 0.717) is 12.1 Å². The van der Waals surface area contributed by atoms with Crippen LogP contribution in [-0.4, -0.2) is 35.3 Å². The SMILES string of the molecule is Cc1ccc(C(N)c2c(Br)cnn2CCN(C)C)c(F)c1. The van der Waals surface area contributed by atoms with Gasteiger partial charge in [-0.3, -0.25) is 4.68 Å². The van der Waals surface area contributed by atoms with Crippen LogP contribution in [-0.2, 0) is 6.54 Å². The molecule has 1 aromatic heterocycles. The molecule has 0 saturated carbocycles. The Morgan fingerprint density at radius 2 is 2.14 bits per heavy atom. The van der Waals surface area contributed by atoms with Crippen LogP contribution in [0.5, 0.6) is 0 Å². The van der Waals surface area contributed by atoms with Crippen molar-refractivity contribution in [3.63, 3.8) is 0 Å². The van der Waals surface area contributed by atoms with Gasteiger partial charge in [-0.1, -0.05) is 12.1 Å². The zero-order valence-corrected chi connectivity index (χ0v) is 14.1. The van der Waals surface area contributed by atoms with E-state index in [0.717, 1.165) is 22.3 Å². The second-order valence-electron chi connectivity index (χ2n) is 5.41. The molecule has 1 atom stereocenters. The summed E-state index contributed by atoms with van der Waals surface area (Å²) in [5, 5.41) is 4.32. The smallest absolute Gasteiger partial charge is 0.128 e. The molecule has 21 heavy (non-hydrogen) atoms. The third-order valence-corrected chi connectivity index (χ3v) is 3.99. The lowest BCUT2D eigenvalue weighted by molar-refractivity contribution is 0.367. The molecule has 0 amide bonds. The highest BCUT2D eigenvalue weighted by Gasteiger charge is 2.21. The highest BCUT2D eigenvalue weighted by atomic mass is 79.9. The van der Waals surface area contributed by atoms with Crippen molar-refractivity contribution in [1.82, 2.24) is 14.7 Å². The fraction of sp³-hybridized carbons (Fsp3) is 0.400. The summed E-state index contributed by atoms with van der Waals surface area (Å²) in [7, 11) is 4.00. The molecule has 0 aliphatic carbocycles. The summed E-state index contributed by atoms with van der Waals surface area (Å²) in [4.78, 5) is 2.07. The highest BCUT2D eigenvalue weighted by molar-refractivity contribution is 9.10. The van der Waals surface area contributed by atoms with E-state index in [1.54, 1.807) is 12.3 Å². The standard InChI is InChI=1S/C15H20BrFN4/c1-10-4-5-11(13(17)8-10)14(18)15-12(16)9-19-21(15)7-6-20(2)3/h4-5,8-9,14H,6-7,18H2,1-3H3. The minimum Gasteiger partial charge on any atom is -0.319 e. The van der Waals surface area contributed by atoms with Gasteiger partial charge < -0.3 is 10.6 Å². The van der Waals surface area contributed by atoms with Crippen molar-refractivity contribution < 1.29 is 4.39 Å². The molecule has 1 aromatic carbocycles. The summed E-state index contributed by atoms with van der Waals surface area (Å²) < 4.78 is 16.8. The Labute approximate surface area is 132 Å². The average Bonchev–Trinajstić information content (AvgIpc) is 2.77. The van der Waals surface area contributed by atoms with Gasteiger partial charge in [-0.15, -0.1) is 0 Å². The number of hydrogen-bond donors (Lipinski definition) is 1. The molecule has 2 aromatic rings. The van der Waals surface area contributed by atoms with E-state index < -0.39 is 6.04 Å². The highest BCUT2D eigenvalue weighted by Crippen LogP contribution is 2.28. The van der Waals surface area contributed by atoms with Crippen molar-refractivity contribution in [3.05, 3.63) is 51.5 Å². The number of likely N-dealkylation sites (N-methyl/N-ethyl adjacent to an activating group) is 1. The predicted octanol–water partition coefficient (Wildman–Crippen LogP) is 2.70. The molecule has 1 heterocycles. The Hall–Kier alpha value is -1.24. The Balaban J connectivity index is 2.34. The maximum Gasteiger partial charge on any atom is 0.128 e. The lowest BCUT2D eigenvalue weighted by atomic mass is 10.0. The second-order valence-corrected chi connectivity index (χ2v) is 6.26. The van der Waals surface area contributed by atoms with Crippen molar-refractivity contribution >= 4 is 15.9 Å². The van der Waals surface area contributed by atoms with Crippen LogP contribution in [0.2, 0.25) is 0 Å². The van der Waals surface area contributed by atoms with E-state index in [1.165, 1.54) is 6.07 Å². The number of benzene rings is 1. The second kappa shape index (κ2) is 6.68. The van der Waals surface area contributed by atoms with Gasteiger partial charge >= 0.3 is 0 Å². The lowest BCUT2D eigenvalue weighted by Crippen LogP contribution is -2.24. The predicted molar refractivity (Wildman–Crippen MR) is 85.6 cm³/mol. The molecule has 0 bridgehead atoms. The molecule has 0 aliphatic rings. The van der Waals surface area contributed by atoms with Gasteiger partial charge in [0.2, 0.25) is 0 Å². The molecule has 114 valence electrons. The van der Waals surface area contributed by atoms with E-state index in [1.807, 2.05) is 31.8 Å². The largest absolute Gasteiger partial charge is 0.319 e. The Morgan fingerprint density at radius 1 is 1.43 bits per heavy atom. The van der Waals surface area contributed by atoms with Crippen LogP contribution in [0.4, 0.5) is 4.39 Å². The summed E-state index contributed by atoms with van der Waals surface area (Å²) in [6, 6.07) is 4.56. The van der Waals surface area contributed by atoms with Crippen molar-refractivity contribution in [2.75, 3.05) is 20.6 Å². The van der Waals surface area contributed by atoms with Crippen LogP contribution in [0.3, 0.4) is 0 Å². The fourth-order valence-electron chi connectivity index (χ4n) is 2.19. The van der Waals surface area contributed by atoms with Crippen molar-refractivity contribution in [2.45, 2.75) is 19.5 Å². The number of nitrogens with zero attached hydrogens (tertiary/aromatic N) is 3. The summed E-state index contributed by atoms with van der Waals surface area (Å²) >= 11 is 3.46. The Morgan fingerprint density at radius 3 is 2.76 bits per heavy atom. The van der Waals surface area contributed by atoms with Crippen LogP contribution in [0, 0.1) is 12.7 Å². The van der Waals surface area contributed by atoms with Gasteiger partial charge in [0.25, 0.3) is 0 Å². The molecular weight excluding hydrogens is 335 g/mol. The average molecular weight is 355 g/mol. The van der Waals surface area contributed by atoms with Crippen LogP contribution in [0.1, 0.15) is 22.9 Å². The normalized spacial score (nSPS) is 12.9. The summed E-state index contributed by atoms with van der Waals surface area (Å²) in [5.74, 6) is -0.283. The molecule has 0 spiro atoms. The number of aromatic nitrogens is 2. The minimum absolute atomic E-state index is 0.283. The van der Waals surface area contributed by atoms with Crippen molar-refractivity contribution in [3.8, 4) is 0 Å². The number of halogens is 2. The number of nitrogens with two attached hydrogens (primary N) is 1. The molecular formula is C15H20BrFN4. The van der Waals surface area contributed by atoms with E-state index in [-0.39, 0.29) is 5.82 Å². The first-order valence-electron chi connectivity index (χ1n) is 6.77. The lowest BCUT2D eigenvalue weighted by Gasteiger charge is -2.18. The molecule has 0 aliphatic heterocycles. The van der Waals surface area contributed by atoms with Gasteiger partial charge in [0.15, 0.2) is 0 Å². The number of hydrogen-bond acceptors (Lipinski definition) is 3. The fourth-order valence-corrected chi connectivity index (χ4v) is 2.73. The van der Waals surface area contributed by atoms with E-state index in [9.17, 15) is 4.39 Å². The molecule has 2 N–H and O–H groups in total. The number of rotatable bonds is 5. The van der Waals surface area contributed by atoms with E-state index in [4.69, 9.17) is 5.73 Å². The van der Waals surface area contributed by atoms with Gasteiger partial charge in [-0.05, 0) is 48.6 Å². The quantitative estimate of drug-likeness (QED) is 0.897. The maximum atomic E-state index is 14.1. The minimum atomic E-state index is -0.551. The zero-order valence-electron chi connectivity index (χ0n) is 12.5. The van der Waals surface area contributed by atoms with Gasteiger partial charge in [-0.2, -0.15) is 5.10 Å². The zero-order chi connectivity index (χ0) is 15.6. The maximum absolute atomic E-state index is 14.1. The first-order valence-corrected chi connectivity index (χ1v) is 7.57. The molecule has 1 unspecified atom stereocenters. The van der Waals surface area contributed by atoms with Gasteiger partial charge in [0.05, 0.1) is 29.0 Å². The van der Waals surface area contributed by atoms with E-state index >= 15 is 0 Å². The first kappa shape index (κ1) is 16.1. The first-order chi connectivity index (χ1) is 9.90. The molecule has 0 saturated heterocycles. The Kier molecular flexibility index (Phi) is 5.13. The van der Waals surface area contributed by atoms with Gasteiger partial charge in [0, 0.05) is 12.1 Å². The monoisotopic (exact) mass is 354 g/mol. The van der Waals surface area contributed by atoms with Crippen LogP contribution < -0.4 is 5.73 Å². The number of aryl methyl sites for hydroxylation is 1. The van der Waals surface area contributed by atoms with Crippen LogP contribution in [0.15, 0.2) is 28.9 Å². The van der Waals surface area contributed by atoms with Crippen molar-refractivity contribution in [1.29, 1.82) is 0 Å². The summed E-state index contributed by atoms with van der Waals surface area (Å²) in [6.45, 7) is 3.40.